The molecular formula is C22H32N4O2. The van der Waals surface area contributed by atoms with E-state index in [-0.39, 0.29) is 6.04 Å². The molecule has 1 aromatic carbocycles. The number of rotatable bonds is 9. The number of hydrogen-bond acceptors (Lipinski definition) is 4. The number of para-hydroxylation sites is 1. The summed E-state index contributed by atoms with van der Waals surface area (Å²) in [4.78, 5) is 7.32. The van der Waals surface area contributed by atoms with E-state index in [1.807, 2.05) is 24.3 Å². The molecule has 2 aromatic rings. The van der Waals surface area contributed by atoms with Crippen LogP contribution in [0.25, 0.3) is 0 Å². The van der Waals surface area contributed by atoms with Crippen LogP contribution in [0.3, 0.4) is 0 Å². The van der Waals surface area contributed by atoms with Gasteiger partial charge in [0.15, 0.2) is 5.96 Å². The maximum atomic E-state index is 5.70. The van der Waals surface area contributed by atoms with Gasteiger partial charge in [-0.25, -0.2) is 0 Å². The highest BCUT2D eigenvalue weighted by atomic mass is 16.5. The van der Waals surface area contributed by atoms with Gasteiger partial charge in [0.25, 0.3) is 0 Å². The standard InChI is InChI=1S/C22H32N4O2/c1-3-23-22(24-13-12-18-9-4-5-10-20(18)27-2)25-17-19(21-11-8-16-28-21)26-14-6-7-15-26/h4-5,8-11,16,19H,3,6-7,12-15,17H2,1-2H3,(H2,23,24,25). The van der Waals surface area contributed by atoms with E-state index in [4.69, 9.17) is 14.1 Å². The molecule has 0 aliphatic carbocycles. The van der Waals surface area contributed by atoms with Crippen LogP contribution in [0.5, 0.6) is 5.75 Å². The lowest BCUT2D eigenvalue weighted by molar-refractivity contribution is 0.221. The van der Waals surface area contributed by atoms with Crippen LogP contribution in [0.1, 0.15) is 37.1 Å². The summed E-state index contributed by atoms with van der Waals surface area (Å²) in [5.41, 5.74) is 1.19. The first-order valence-electron chi connectivity index (χ1n) is 10.2. The Hall–Kier alpha value is -2.47. The highest BCUT2D eigenvalue weighted by molar-refractivity contribution is 5.79. The molecular weight excluding hydrogens is 352 g/mol. The number of nitrogens with one attached hydrogen (secondary N) is 2. The van der Waals surface area contributed by atoms with Crippen molar-refractivity contribution < 1.29 is 9.15 Å². The molecule has 1 saturated heterocycles. The summed E-state index contributed by atoms with van der Waals surface area (Å²) in [6.45, 7) is 6.60. The third-order valence-electron chi connectivity index (χ3n) is 5.10. The molecule has 152 valence electrons. The van der Waals surface area contributed by atoms with E-state index < -0.39 is 0 Å². The summed E-state index contributed by atoms with van der Waals surface area (Å²) in [5, 5.41) is 6.79. The predicted molar refractivity (Wildman–Crippen MR) is 113 cm³/mol. The van der Waals surface area contributed by atoms with Crippen LogP contribution in [0.4, 0.5) is 0 Å². The number of guanidine groups is 1. The molecule has 1 aromatic heterocycles. The zero-order valence-corrected chi connectivity index (χ0v) is 17.0. The molecule has 6 nitrogen and oxygen atoms in total. The lowest BCUT2D eigenvalue weighted by Crippen LogP contribution is -2.39. The van der Waals surface area contributed by atoms with Gasteiger partial charge in [-0.2, -0.15) is 0 Å². The van der Waals surface area contributed by atoms with Gasteiger partial charge in [0.05, 0.1) is 26.0 Å². The van der Waals surface area contributed by atoms with E-state index in [1.54, 1.807) is 13.4 Å². The zero-order chi connectivity index (χ0) is 19.6. The number of ether oxygens (including phenoxy) is 1. The molecule has 0 saturated carbocycles. The summed E-state index contributed by atoms with van der Waals surface area (Å²) in [6.07, 6.45) is 5.12. The van der Waals surface area contributed by atoms with Crippen LogP contribution >= 0.6 is 0 Å². The molecule has 0 bridgehead atoms. The van der Waals surface area contributed by atoms with E-state index >= 15 is 0 Å². The fraction of sp³-hybridized carbons (Fsp3) is 0.500. The van der Waals surface area contributed by atoms with E-state index in [1.165, 1.54) is 18.4 Å². The first-order valence-corrected chi connectivity index (χ1v) is 10.2. The topological polar surface area (TPSA) is 62.0 Å². The second-order valence-electron chi connectivity index (χ2n) is 6.98. The molecule has 28 heavy (non-hydrogen) atoms. The minimum Gasteiger partial charge on any atom is -0.496 e. The Labute approximate surface area is 168 Å². The third kappa shape index (κ3) is 5.52. The molecule has 2 heterocycles. The molecule has 1 aliphatic rings. The normalized spacial score (nSPS) is 16.1. The summed E-state index contributed by atoms with van der Waals surface area (Å²) in [7, 11) is 1.71. The van der Waals surface area contributed by atoms with Crippen molar-refractivity contribution in [2.45, 2.75) is 32.2 Å². The summed E-state index contributed by atoms with van der Waals surface area (Å²) < 4.78 is 11.1. The fourth-order valence-electron chi connectivity index (χ4n) is 3.66. The highest BCUT2D eigenvalue weighted by Crippen LogP contribution is 2.25. The first kappa shape index (κ1) is 20.3. The van der Waals surface area contributed by atoms with Crippen molar-refractivity contribution in [3.05, 3.63) is 54.0 Å². The van der Waals surface area contributed by atoms with E-state index in [0.29, 0.717) is 6.54 Å². The number of methoxy groups -OCH3 is 1. The van der Waals surface area contributed by atoms with Crippen LogP contribution in [0.2, 0.25) is 0 Å². The maximum Gasteiger partial charge on any atom is 0.191 e. The Morgan fingerprint density at radius 2 is 2.00 bits per heavy atom. The van der Waals surface area contributed by atoms with Crippen LogP contribution in [-0.2, 0) is 6.42 Å². The molecule has 0 amide bonds. The van der Waals surface area contributed by atoms with E-state index in [9.17, 15) is 0 Å². The quantitative estimate of drug-likeness (QED) is 0.513. The average Bonchev–Trinajstić information content (AvgIpc) is 3.43. The molecule has 3 rings (SSSR count). The maximum absolute atomic E-state index is 5.70. The number of likely N-dealkylation sites (tertiary alicyclic amines) is 1. The minimum atomic E-state index is 0.196. The molecule has 1 aliphatic heterocycles. The van der Waals surface area contributed by atoms with Crippen LogP contribution in [0, 0.1) is 0 Å². The largest absolute Gasteiger partial charge is 0.496 e. The fourth-order valence-corrected chi connectivity index (χ4v) is 3.66. The SMILES string of the molecule is CCNC(=NCC(c1ccco1)N1CCCC1)NCCc1ccccc1OC. The Bertz CT molecular complexity index is 724. The summed E-state index contributed by atoms with van der Waals surface area (Å²) in [5.74, 6) is 2.77. The third-order valence-corrected chi connectivity index (χ3v) is 5.10. The monoisotopic (exact) mass is 384 g/mol. The van der Waals surface area contributed by atoms with Crippen molar-refractivity contribution in [2.75, 3.05) is 39.8 Å². The second kappa shape index (κ2) is 10.8. The average molecular weight is 385 g/mol. The van der Waals surface area contributed by atoms with Gasteiger partial charge in [-0.3, -0.25) is 9.89 Å². The Balaban J connectivity index is 1.60. The molecule has 6 heteroatoms. The first-order chi connectivity index (χ1) is 13.8. The Morgan fingerprint density at radius 3 is 2.71 bits per heavy atom. The van der Waals surface area contributed by atoms with Gasteiger partial charge >= 0.3 is 0 Å². The van der Waals surface area contributed by atoms with Crippen molar-refractivity contribution in [3.8, 4) is 5.75 Å². The molecule has 0 radical (unpaired) electrons. The molecule has 1 fully saturated rings. The van der Waals surface area contributed by atoms with Gasteiger partial charge in [0.1, 0.15) is 11.5 Å². The van der Waals surface area contributed by atoms with E-state index in [2.05, 4.69) is 34.6 Å². The summed E-state index contributed by atoms with van der Waals surface area (Å²) in [6, 6.07) is 12.3. The highest BCUT2D eigenvalue weighted by Gasteiger charge is 2.25. The number of furan rings is 1. The molecule has 0 spiro atoms. The number of hydrogen-bond donors (Lipinski definition) is 2. The summed E-state index contributed by atoms with van der Waals surface area (Å²) >= 11 is 0. The van der Waals surface area contributed by atoms with Crippen molar-refractivity contribution in [2.24, 2.45) is 4.99 Å². The van der Waals surface area contributed by atoms with E-state index in [0.717, 1.165) is 50.1 Å². The van der Waals surface area contributed by atoms with Crippen LogP contribution < -0.4 is 15.4 Å². The second-order valence-corrected chi connectivity index (χ2v) is 6.98. The Morgan fingerprint density at radius 1 is 1.18 bits per heavy atom. The van der Waals surface area contributed by atoms with Gasteiger partial charge < -0.3 is 19.8 Å². The molecule has 2 N–H and O–H groups in total. The number of nitrogens with zero attached hydrogens (tertiary/aromatic N) is 2. The van der Waals surface area contributed by atoms with Crippen LogP contribution in [-0.4, -0.2) is 50.7 Å². The van der Waals surface area contributed by atoms with Crippen LogP contribution in [0.15, 0.2) is 52.1 Å². The predicted octanol–water partition coefficient (Wildman–Crippen LogP) is 3.22. The Kier molecular flexibility index (Phi) is 7.79. The smallest absolute Gasteiger partial charge is 0.191 e. The minimum absolute atomic E-state index is 0.196. The lowest BCUT2D eigenvalue weighted by Gasteiger charge is -2.24. The number of aliphatic imine (C=N–C) groups is 1. The van der Waals surface area contributed by atoms with Gasteiger partial charge in [-0.15, -0.1) is 0 Å². The van der Waals surface area contributed by atoms with Crippen molar-refractivity contribution in [3.63, 3.8) is 0 Å². The van der Waals surface area contributed by atoms with Gasteiger partial charge in [-0.1, -0.05) is 18.2 Å². The van der Waals surface area contributed by atoms with Crippen molar-refractivity contribution in [1.29, 1.82) is 0 Å². The molecule has 1 unspecified atom stereocenters. The molecule has 1 atom stereocenters. The van der Waals surface area contributed by atoms with Crippen molar-refractivity contribution in [1.82, 2.24) is 15.5 Å². The van der Waals surface area contributed by atoms with Gasteiger partial charge in [0.2, 0.25) is 0 Å². The zero-order valence-electron chi connectivity index (χ0n) is 17.0. The van der Waals surface area contributed by atoms with Crippen molar-refractivity contribution >= 4 is 5.96 Å². The van der Waals surface area contributed by atoms with Gasteiger partial charge in [0, 0.05) is 13.1 Å². The lowest BCUT2D eigenvalue weighted by atomic mass is 10.1. The number of benzene rings is 1. The van der Waals surface area contributed by atoms with Gasteiger partial charge in [-0.05, 0) is 63.0 Å².